The summed E-state index contributed by atoms with van der Waals surface area (Å²) in [5.41, 5.74) is 2.12. The number of hydrogen-bond donors (Lipinski definition) is 1. The molecule has 0 unspecified atom stereocenters. The Bertz CT molecular complexity index is 1430. The zero-order chi connectivity index (χ0) is 24.4. The van der Waals surface area contributed by atoms with Crippen molar-refractivity contribution in [1.29, 1.82) is 0 Å². The van der Waals surface area contributed by atoms with Crippen LogP contribution in [0.5, 0.6) is 11.5 Å². The molecule has 9 heteroatoms. The lowest BCUT2D eigenvalue weighted by Gasteiger charge is -2.18. The van der Waals surface area contributed by atoms with Gasteiger partial charge in [0.15, 0.2) is 16.7 Å². The maximum Gasteiger partial charge on any atom is 0.262 e. The Morgan fingerprint density at radius 3 is 2.69 bits per heavy atom. The highest BCUT2D eigenvalue weighted by Gasteiger charge is 2.24. The van der Waals surface area contributed by atoms with E-state index in [1.807, 2.05) is 31.2 Å². The Morgan fingerprint density at radius 1 is 1.14 bits per heavy atom. The van der Waals surface area contributed by atoms with Crippen LogP contribution >= 0.6 is 11.8 Å². The SMILES string of the molecule is CCc1ccccc1NC(=O)[C@H](CC)Sc1nc2cc3c(cc2c(=O)n1Cc1ccco1)OCO3. The number of hydrogen-bond acceptors (Lipinski definition) is 7. The molecule has 4 aromatic rings. The Kier molecular flexibility index (Phi) is 6.50. The zero-order valence-electron chi connectivity index (χ0n) is 19.4. The number of nitrogens with zero attached hydrogens (tertiary/aromatic N) is 2. The van der Waals surface area contributed by atoms with E-state index in [1.165, 1.54) is 11.8 Å². The van der Waals surface area contributed by atoms with E-state index in [4.69, 9.17) is 18.9 Å². The van der Waals surface area contributed by atoms with Crippen LogP contribution in [-0.4, -0.2) is 27.5 Å². The summed E-state index contributed by atoms with van der Waals surface area (Å²) < 4.78 is 18.0. The van der Waals surface area contributed by atoms with Crippen molar-refractivity contribution in [2.24, 2.45) is 0 Å². The van der Waals surface area contributed by atoms with Crippen LogP contribution in [0.25, 0.3) is 10.9 Å². The fourth-order valence-corrected chi connectivity index (χ4v) is 5.00. The lowest BCUT2D eigenvalue weighted by Crippen LogP contribution is -2.28. The molecular weight excluding hydrogens is 466 g/mol. The van der Waals surface area contributed by atoms with Crippen LogP contribution in [0, 0.1) is 0 Å². The van der Waals surface area contributed by atoms with Gasteiger partial charge in [0.2, 0.25) is 12.7 Å². The highest BCUT2D eigenvalue weighted by Crippen LogP contribution is 2.35. The van der Waals surface area contributed by atoms with Gasteiger partial charge in [-0.25, -0.2) is 4.98 Å². The maximum absolute atomic E-state index is 13.6. The van der Waals surface area contributed by atoms with E-state index >= 15 is 0 Å². The van der Waals surface area contributed by atoms with Crippen molar-refractivity contribution >= 4 is 34.3 Å². The third-order valence-electron chi connectivity index (χ3n) is 5.87. The number of rotatable bonds is 8. The third-order valence-corrected chi connectivity index (χ3v) is 7.23. The van der Waals surface area contributed by atoms with E-state index in [0.29, 0.717) is 39.7 Å². The number of nitrogens with one attached hydrogen (secondary N) is 1. The van der Waals surface area contributed by atoms with Gasteiger partial charge in [0.25, 0.3) is 5.56 Å². The molecule has 5 rings (SSSR count). The van der Waals surface area contributed by atoms with Gasteiger partial charge in [-0.05, 0) is 42.7 Å². The molecule has 1 amide bonds. The Hall–Kier alpha value is -3.72. The van der Waals surface area contributed by atoms with E-state index in [9.17, 15) is 9.59 Å². The second-order valence-corrected chi connectivity index (χ2v) is 9.27. The number of carbonyl (C=O) groups excluding carboxylic acids is 1. The molecule has 0 saturated carbocycles. The lowest BCUT2D eigenvalue weighted by molar-refractivity contribution is -0.115. The average Bonchev–Trinajstić information content (AvgIpc) is 3.55. The van der Waals surface area contributed by atoms with E-state index in [0.717, 1.165) is 17.7 Å². The van der Waals surface area contributed by atoms with Gasteiger partial charge in [-0.15, -0.1) is 0 Å². The number of aryl methyl sites for hydroxylation is 1. The number of carbonyl (C=O) groups is 1. The normalized spacial score (nSPS) is 13.2. The molecule has 0 radical (unpaired) electrons. The quantitative estimate of drug-likeness (QED) is 0.278. The molecule has 1 aliphatic heterocycles. The van der Waals surface area contributed by atoms with Gasteiger partial charge >= 0.3 is 0 Å². The van der Waals surface area contributed by atoms with Gasteiger partial charge in [-0.2, -0.15) is 0 Å². The molecule has 35 heavy (non-hydrogen) atoms. The Labute approximate surface area is 206 Å². The minimum absolute atomic E-state index is 0.102. The first-order valence-corrected chi connectivity index (χ1v) is 12.4. The summed E-state index contributed by atoms with van der Waals surface area (Å²) in [6.45, 7) is 4.29. The van der Waals surface area contributed by atoms with Crippen LogP contribution in [0.3, 0.4) is 0 Å². The number of para-hydroxylation sites is 1. The molecule has 8 nitrogen and oxygen atoms in total. The summed E-state index contributed by atoms with van der Waals surface area (Å²) in [6, 6.07) is 14.7. The van der Waals surface area contributed by atoms with Crippen LogP contribution in [0.15, 0.2) is 69.2 Å². The van der Waals surface area contributed by atoms with Crippen molar-refractivity contribution in [3.63, 3.8) is 0 Å². The predicted molar refractivity (Wildman–Crippen MR) is 134 cm³/mol. The minimum atomic E-state index is -0.457. The number of anilines is 1. The second kappa shape index (κ2) is 9.87. The van der Waals surface area contributed by atoms with E-state index in [1.54, 1.807) is 35.1 Å². The first-order valence-electron chi connectivity index (χ1n) is 11.5. The van der Waals surface area contributed by atoms with E-state index in [2.05, 4.69) is 12.2 Å². The minimum Gasteiger partial charge on any atom is -0.467 e. The number of benzene rings is 2. The van der Waals surface area contributed by atoms with Crippen LogP contribution in [0.1, 0.15) is 31.6 Å². The van der Waals surface area contributed by atoms with Gasteiger partial charge < -0.3 is 19.2 Å². The fourth-order valence-electron chi connectivity index (χ4n) is 3.99. The summed E-state index contributed by atoms with van der Waals surface area (Å²) in [4.78, 5) is 31.6. The number of aromatic nitrogens is 2. The maximum atomic E-state index is 13.6. The second-order valence-electron chi connectivity index (χ2n) is 8.10. The van der Waals surface area contributed by atoms with E-state index in [-0.39, 0.29) is 24.8 Å². The third kappa shape index (κ3) is 4.64. The first kappa shape index (κ1) is 23.0. The molecule has 1 N–H and O–H groups in total. The molecule has 0 saturated heterocycles. The largest absolute Gasteiger partial charge is 0.467 e. The van der Waals surface area contributed by atoms with Crippen molar-refractivity contribution in [2.75, 3.05) is 12.1 Å². The number of thioether (sulfide) groups is 1. The molecule has 1 atom stereocenters. The fraction of sp³-hybridized carbons (Fsp3) is 0.269. The molecule has 180 valence electrons. The van der Waals surface area contributed by atoms with Crippen molar-refractivity contribution in [3.05, 3.63) is 76.5 Å². The summed E-state index contributed by atoms with van der Waals surface area (Å²) >= 11 is 1.27. The van der Waals surface area contributed by atoms with E-state index < -0.39 is 5.25 Å². The standard InChI is InChI=1S/C26H25N3O5S/c1-3-16-8-5-6-10-19(16)27-24(30)23(4-2)35-26-28-20-13-22-21(33-15-34-22)12-18(20)25(31)29(26)14-17-9-7-11-32-17/h5-13,23H,3-4,14-15H2,1-2H3,(H,27,30)/t23-/m0/s1. The number of ether oxygens (including phenoxy) is 2. The molecule has 0 fully saturated rings. The Morgan fingerprint density at radius 2 is 1.94 bits per heavy atom. The summed E-state index contributed by atoms with van der Waals surface area (Å²) in [6.07, 6.45) is 2.93. The van der Waals surface area contributed by atoms with Gasteiger partial charge in [-0.3, -0.25) is 14.2 Å². The van der Waals surface area contributed by atoms with Gasteiger partial charge in [0.05, 0.1) is 29.0 Å². The predicted octanol–water partition coefficient (Wildman–Crippen LogP) is 4.84. The molecule has 3 heterocycles. The molecule has 0 spiro atoms. The molecular formula is C26H25N3O5S. The summed E-state index contributed by atoms with van der Waals surface area (Å²) in [5, 5.41) is 3.45. The molecule has 0 aliphatic carbocycles. The van der Waals surface area contributed by atoms with Gasteiger partial charge in [-0.1, -0.05) is 43.8 Å². The summed E-state index contributed by atoms with van der Waals surface area (Å²) in [7, 11) is 0. The van der Waals surface area contributed by atoms with Crippen LogP contribution < -0.4 is 20.3 Å². The highest BCUT2D eigenvalue weighted by molar-refractivity contribution is 8.00. The topological polar surface area (TPSA) is 95.6 Å². The van der Waals surface area contributed by atoms with Crippen molar-refractivity contribution in [3.8, 4) is 11.5 Å². The Balaban J connectivity index is 1.52. The van der Waals surface area contributed by atoms with Gasteiger partial charge in [0.1, 0.15) is 5.76 Å². The molecule has 0 bridgehead atoms. The summed E-state index contributed by atoms with van der Waals surface area (Å²) in [5.74, 6) is 1.54. The van der Waals surface area contributed by atoms with Crippen LogP contribution in [-0.2, 0) is 17.8 Å². The van der Waals surface area contributed by atoms with Crippen molar-refractivity contribution < 1.29 is 18.7 Å². The van der Waals surface area contributed by atoms with Crippen molar-refractivity contribution in [2.45, 2.75) is 43.6 Å². The number of fused-ring (bicyclic) bond motifs is 2. The first-order chi connectivity index (χ1) is 17.1. The van der Waals surface area contributed by atoms with Gasteiger partial charge in [0, 0.05) is 11.8 Å². The zero-order valence-corrected chi connectivity index (χ0v) is 20.3. The van der Waals surface area contributed by atoms with Crippen LogP contribution in [0.2, 0.25) is 0 Å². The number of furan rings is 1. The monoisotopic (exact) mass is 491 g/mol. The highest BCUT2D eigenvalue weighted by atomic mass is 32.2. The lowest BCUT2D eigenvalue weighted by atomic mass is 10.1. The molecule has 1 aliphatic rings. The molecule has 2 aromatic heterocycles. The van der Waals surface area contributed by atoms with Crippen molar-refractivity contribution in [1.82, 2.24) is 9.55 Å². The smallest absolute Gasteiger partial charge is 0.262 e. The average molecular weight is 492 g/mol. The number of amides is 1. The molecule has 2 aromatic carbocycles. The van der Waals surface area contributed by atoms with Crippen LogP contribution in [0.4, 0.5) is 5.69 Å².